The molecule has 2 heteroatoms. The maximum atomic E-state index is 2.87. The lowest BCUT2D eigenvalue weighted by Crippen LogP contribution is -2.46. The molecule has 0 atom stereocenters. The summed E-state index contributed by atoms with van der Waals surface area (Å²) in [5.41, 5.74) is 5.16. The van der Waals surface area contributed by atoms with Crippen LogP contribution in [0.2, 0.25) is 0 Å². The van der Waals surface area contributed by atoms with Gasteiger partial charge in [0.1, 0.15) is 0 Å². The summed E-state index contributed by atoms with van der Waals surface area (Å²) in [4.78, 5) is 5.32. The third-order valence-corrected chi connectivity index (χ3v) is 7.37. The lowest BCUT2D eigenvalue weighted by Gasteiger charge is -2.45. The summed E-state index contributed by atoms with van der Waals surface area (Å²) in [7, 11) is 0. The van der Waals surface area contributed by atoms with E-state index in [1.165, 1.54) is 87.0 Å². The van der Waals surface area contributed by atoms with Crippen molar-refractivity contribution < 1.29 is 0 Å². The van der Waals surface area contributed by atoms with E-state index in [9.17, 15) is 0 Å². The van der Waals surface area contributed by atoms with Crippen LogP contribution in [-0.4, -0.2) is 12.1 Å². The Balaban J connectivity index is 1.62. The van der Waals surface area contributed by atoms with Gasteiger partial charge in [-0.2, -0.15) is 0 Å². The molecule has 2 nitrogen and oxygen atoms in total. The zero-order valence-corrected chi connectivity index (χ0v) is 19.2. The van der Waals surface area contributed by atoms with E-state index in [-0.39, 0.29) is 0 Å². The highest BCUT2D eigenvalue weighted by Crippen LogP contribution is 2.44. The highest BCUT2D eigenvalue weighted by molar-refractivity contribution is 5.85. The average Bonchev–Trinajstić information content (AvgIpc) is 2.88. The largest absolute Gasteiger partial charge is 0.364 e. The fraction of sp³-hybridized carbons (Fsp3) is 0.400. The summed E-state index contributed by atoms with van der Waals surface area (Å²) in [6, 6.07) is 32.2. The van der Waals surface area contributed by atoms with Crippen molar-refractivity contribution in [3.63, 3.8) is 0 Å². The minimum absolute atomic E-state index is 0.668. The summed E-state index contributed by atoms with van der Waals surface area (Å²) >= 11 is 0. The summed E-state index contributed by atoms with van der Waals surface area (Å²) in [5, 5.41) is 0. The predicted octanol–water partition coefficient (Wildman–Crippen LogP) is 8.63. The molecule has 3 aromatic rings. The molecule has 0 aliphatic heterocycles. The first-order valence-corrected chi connectivity index (χ1v) is 12.7. The predicted molar refractivity (Wildman–Crippen MR) is 137 cm³/mol. The van der Waals surface area contributed by atoms with E-state index < -0.39 is 0 Å². The zero-order chi connectivity index (χ0) is 21.6. The van der Waals surface area contributed by atoms with Gasteiger partial charge in [-0.15, -0.1) is 0 Å². The van der Waals surface area contributed by atoms with Gasteiger partial charge in [0.15, 0.2) is 0 Å². The van der Waals surface area contributed by atoms with Crippen molar-refractivity contribution >= 4 is 22.7 Å². The molecule has 0 heterocycles. The molecule has 3 aromatic carbocycles. The molecule has 2 aliphatic carbocycles. The van der Waals surface area contributed by atoms with Gasteiger partial charge in [0.05, 0.1) is 11.4 Å². The minimum atomic E-state index is 0.668. The fourth-order valence-corrected chi connectivity index (χ4v) is 5.86. The summed E-state index contributed by atoms with van der Waals surface area (Å²) in [6.45, 7) is 0. The molecular formula is C30H36N2. The quantitative estimate of drug-likeness (QED) is 0.391. The molecule has 0 N–H and O–H groups in total. The Hall–Kier alpha value is -2.74. The Morgan fingerprint density at radius 2 is 0.844 bits per heavy atom. The zero-order valence-electron chi connectivity index (χ0n) is 19.2. The van der Waals surface area contributed by atoms with Crippen LogP contribution in [0.15, 0.2) is 84.9 Å². The van der Waals surface area contributed by atoms with E-state index in [1.807, 2.05) is 0 Å². The van der Waals surface area contributed by atoms with Crippen LogP contribution in [0.5, 0.6) is 0 Å². The Morgan fingerprint density at radius 1 is 0.438 bits per heavy atom. The van der Waals surface area contributed by atoms with Gasteiger partial charge in [0, 0.05) is 23.5 Å². The summed E-state index contributed by atoms with van der Waals surface area (Å²) in [6.07, 6.45) is 13.6. The van der Waals surface area contributed by atoms with Gasteiger partial charge in [-0.05, 0) is 62.1 Å². The van der Waals surface area contributed by atoms with Crippen LogP contribution in [-0.2, 0) is 0 Å². The highest BCUT2D eigenvalue weighted by atomic mass is 15.2. The molecule has 0 spiro atoms. The second-order valence-electron chi connectivity index (χ2n) is 9.49. The second-order valence-corrected chi connectivity index (χ2v) is 9.49. The average molecular weight is 425 g/mol. The molecule has 2 aliphatic rings. The van der Waals surface area contributed by atoms with Crippen molar-refractivity contribution in [2.45, 2.75) is 76.3 Å². The molecule has 32 heavy (non-hydrogen) atoms. The number of hydrogen-bond donors (Lipinski definition) is 0. The number of anilines is 4. The second kappa shape index (κ2) is 10.3. The minimum Gasteiger partial charge on any atom is -0.364 e. The first-order chi connectivity index (χ1) is 15.9. The van der Waals surface area contributed by atoms with Crippen LogP contribution in [0.1, 0.15) is 64.2 Å². The van der Waals surface area contributed by atoms with Crippen molar-refractivity contribution in [3.8, 4) is 0 Å². The van der Waals surface area contributed by atoms with Crippen LogP contribution >= 0.6 is 0 Å². The molecule has 0 bridgehead atoms. The molecule has 2 saturated carbocycles. The lowest BCUT2D eigenvalue weighted by atomic mass is 9.88. The van der Waals surface area contributed by atoms with E-state index >= 15 is 0 Å². The number of nitrogens with zero attached hydrogens (tertiary/aromatic N) is 2. The fourth-order valence-electron chi connectivity index (χ4n) is 5.86. The SMILES string of the molecule is c1ccc(N(c2ccccc2)c2ccccc2N(C2CCCCC2)C2CCCCC2)cc1. The van der Waals surface area contributed by atoms with E-state index in [0.717, 1.165) is 0 Å². The van der Waals surface area contributed by atoms with Gasteiger partial charge in [0.25, 0.3) is 0 Å². The normalized spacial score (nSPS) is 17.8. The van der Waals surface area contributed by atoms with Crippen LogP contribution in [0, 0.1) is 0 Å². The van der Waals surface area contributed by atoms with Crippen molar-refractivity contribution in [1.82, 2.24) is 0 Å². The van der Waals surface area contributed by atoms with E-state index in [1.54, 1.807) is 0 Å². The van der Waals surface area contributed by atoms with Gasteiger partial charge in [-0.25, -0.2) is 0 Å². The number of rotatable bonds is 6. The number of benzene rings is 3. The van der Waals surface area contributed by atoms with Crippen LogP contribution < -0.4 is 9.80 Å². The third kappa shape index (κ3) is 4.55. The Labute approximate surface area is 193 Å². The third-order valence-electron chi connectivity index (χ3n) is 7.37. The van der Waals surface area contributed by atoms with E-state index in [2.05, 4.69) is 94.7 Å². The van der Waals surface area contributed by atoms with Gasteiger partial charge in [0.2, 0.25) is 0 Å². The van der Waals surface area contributed by atoms with Crippen molar-refractivity contribution in [2.75, 3.05) is 9.80 Å². The monoisotopic (exact) mass is 424 g/mol. The molecule has 0 saturated heterocycles. The van der Waals surface area contributed by atoms with Crippen LogP contribution in [0.4, 0.5) is 22.7 Å². The topological polar surface area (TPSA) is 6.48 Å². The summed E-state index contributed by atoms with van der Waals surface area (Å²) in [5.74, 6) is 0. The van der Waals surface area contributed by atoms with Gasteiger partial charge in [-0.1, -0.05) is 87.1 Å². The van der Waals surface area contributed by atoms with Crippen LogP contribution in [0.25, 0.3) is 0 Å². The summed E-state index contributed by atoms with van der Waals surface area (Å²) < 4.78 is 0. The Kier molecular flexibility index (Phi) is 6.77. The maximum absolute atomic E-state index is 2.87. The van der Waals surface area contributed by atoms with Crippen LogP contribution in [0.3, 0.4) is 0 Å². The molecule has 0 unspecified atom stereocenters. The van der Waals surface area contributed by atoms with Gasteiger partial charge in [-0.3, -0.25) is 0 Å². The number of para-hydroxylation sites is 4. The molecule has 166 valence electrons. The molecular weight excluding hydrogens is 388 g/mol. The molecule has 5 rings (SSSR count). The first-order valence-electron chi connectivity index (χ1n) is 12.7. The van der Waals surface area contributed by atoms with Crippen molar-refractivity contribution in [2.24, 2.45) is 0 Å². The Bertz CT molecular complexity index is 899. The van der Waals surface area contributed by atoms with Gasteiger partial charge >= 0.3 is 0 Å². The standard InChI is InChI=1S/C30H36N2/c1-5-15-25(16-6-1)31(26-17-7-2-8-18-26)29-23-13-14-24-30(29)32(27-19-9-3-10-20-27)28-21-11-4-12-22-28/h1-2,5-8,13-18,23-24,27-28H,3-4,9-12,19-22H2. The van der Waals surface area contributed by atoms with Crippen molar-refractivity contribution in [3.05, 3.63) is 84.9 Å². The molecule has 0 aromatic heterocycles. The smallest absolute Gasteiger partial charge is 0.0695 e. The molecule has 0 amide bonds. The molecule has 0 radical (unpaired) electrons. The van der Waals surface area contributed by atoms with Gasteiger partial charge < -0.3 is 9.80 Å². The maximum Gasteiger partial charge on any atom is 0.0695 e. The number of hydrogen-bond acceptors (Lipinski definition) is 2. The lowest BCUT2D eigenvalue weighted by molar-refractivity contribution is 0.340. The molecule has 2 fully saturated rings. The van der Waals surface area contributed by atoms with E-state index in [4.69, 9.17) is 0 Å². The highest BCUT2D eigenvalue weighted by Gasteiger charge is 2.31. The Morgan fingerprint density at radius 3 is 1.31 bits per heavy atom. The first kappa shape index (κ1) is 21.1. The van der Waals surface area contributed by atoms with Crippen molar-refractivity contribution in [1.29, 1.82) is 0 Å². The van der Waals surface area contributed by atoms with E-state index in [0.29, 0.717) is 12.1 Å².